The van der Waals surface area contributed by atoms with E-state index < -0.39 is 17.0 Å². The maximum atomic E-state index is 12.6. The maximum Gasteiger partial charge on any atom is 0.333 e. The van der Waals surface area contributed by atoms with Crippen molar-refractivity contribution >= 4 is 23.2 Å². The summed E-state index contributed by atoms with van der Waals surface area (Å²) in [4.78, 5) is 39.3. The number of nitrogens with zero attached hydrogens (tertiary/aromatic N) is 4. The number of amides is 1. The fourth-order valence-corrected chi connectivity index (χ4v) is 3.44. The number of ether oxygens (including phenoxy) is 1. The summed E-state index contributed by atoms with van der Waals surface area (Å²) in [5.41, 5.74) is 0.975. The standard InChI is InChI=1S/C22H23N5O4/c1-3-31-18-10-8-17(9-11-18)25-12-13-26-20(29)21(30)27(24-22(25)26)14-19(28)23-16-6-4-15(2)5-7-16/h4-11H,3,12-14H2,1-2H3,(H,23,28). The van der Waals surface area contributed by atoms with E-state index in [1.54, 1.807) is 12.1 Å². The molecule has 1 aliphatic heterocycles. The summed E-state index contributed by atoms with van der Waals surface area (Å²) in [5.74, 6) is 0.638. The number of hydrogen-bond donors (Lipinski definition) is 1. The Kier molecular flexibility index (Phi) is 5.57. The van der Waals surface area contributed by atoms with Crippen LogP contribution in [-0.4, -0.2) is 33.4 Å². The summed E-state index contributed by atoms with van der Waals surface area (Å²) in [6, 6.07) is 14.7. The van der Waals surface area contributed by atoms with E-state index in [-0.39, 0.29) is 6.54 Å². The Hall–Kier alpha value is -3.88. The van der Waals surface area contributed by atoms with E-state index in [0.717, 1.165) is 21.7 Å². The van der Waals surface area contributed by atoms with Crippen molar-refractivity contribution in [2.24, 2.45) is 0 Å². The third-order valence-electron chi connectivity index (χ3n) is 4.99. The minimum atomic E-state index is -0.823. The first-order chi connectivity index (χ1) is 15.0. The lowest BCUT2D eigenvalue weighted by Crippen LogP contribution is -2.44. The van der Waals surface area contributed by atoms with Crippen molar-refractivity contribution in [2.45, 2.75) is 26.9 Å². The molecule has 2 aromatic carbocycles. The van der Waals surface area contributed by atoms with Gasteiger partial charge in [0.25, 0.3) is 0 Å². The Labute approximate surface area is 178 Å². The summed E-state index contributed by atoms with van der Waals surface area (Å²) in [6.45, 7) is 4.92. The molecule has 160 valence electrons. The summed E-state index contributed by atoms with van der Waals surface area (Å²) in [6.07, 6.45) is 0. The van der Waals surface area contributed by atoms with Gasteiger partial charge in [0, 0.05) is 24.5 Å². The highest BCUT2D eigenvalue weighted by atomic mass is 16.5. The number of anilines is 3. The third-order valence-corrected chi connectivity index (χ3v) is 4.99. The smallest absolute Gasteiger partial charge is 0.333 e. The quantitative estimate of drug-likeness (QED) is 0.611. The molecule has 4 rings (SSSR count). The summed E-state index contributed by atoms with van der Waals surface area (Å²) in [5, 5.41) is 7.04. The third kappa shape index (κ3) is 4.20. The van der Waals surface area contributed by atoms with E-state index in [2.05, 4.69) is 10.4 Å². The topological polar surface area (TPSA) is 98.5 Å². The van der Waals surface area contributed by atoms with Crippen molar-refractivity contribution in [1.29, 1.82) is 0 Å². The number of benzene rings is 2. The highest BCUT2D eigenvalue weighted by Crippen LogP contribution is 2.28. The predicted molar refractivity (Wildman–Crippen MR) is 117 cm³/mol. The zero-order valence-corrected chi connectivity index (χ0v) is 17.4. The number of aryl methyl sites for hydroxylation is 1. The zero-order valence-electron chi connectivity index (χ0n) is 17.4. The minimum absolute atomic E-state index is 0.330. The van der Waals surface area contributed by atoms with Gasteiger partial charge in [0.15, 0.2) is 0 Å². The summed E-state index contributed by atoms with van der Waals surface area (Å²) in [7, 11) is 0. The lowest BCUT2D eigenvalue weighted by molar-refractivity contribution is -0.117. The lowest BCUT2D eigenvalue weighted by Gasteiger charge is -2.18. The van der Waals surface area contributed by atoms with Crippen molar-refractivity contribution in [3.05, 3.63) is 74.8 Å². The molecule has 1 N–H and O–H groups in total. The van der Waals surface area contributed by atoms with Crippen LogP contribution in [0.25, 0.3) is 0 Å². The second-order valence-corrected chi connectivity index (χ2v) is 7.21. The number of nitrogens with one attached hydrogen (secondary N) is 1. The van der Waals surface area contributed by atoms with Gasteiger partial charge in [0.2, 0.25) is 11.9 Å². The average molecular weight is 421 g/mol. The van der Waals surface area contributed by atoms with Gasteiger partial charge in [0.1, 0.15) is 12.3 Å². The second-order valence-electron chi connectivity index (χ2n) is 7.21. The van der Waals surface area contributed by atoms with E-state index >= 15 is 0 Å². The molecular weight excluding hydrogens is 398 g/mol. The van der Waals surface area contributed by atoms with Crippen LogP contribution < -0.4 is 26.1 Å². The molecule has 0 aliphatic carbocycles. The SMILES string of the molecule is CCOc1ccc(N2CCn3c2nn(CC(=O)Nc2ccc(C)cc2)c(=O)c3=O)cc1. The zero-order chi connectivity index (χ0) is 22.0. The molecule has 0 saturated heterocycles. The fraction of sp³-hybridized carbons (Fsp3) is 0.273. The van der Waals surface area contributed by atoms with E-state index in [4.69, 9.17) is 4.74 Å². The van der Waals surface area contributed by atoms with Crippen molar-refractivity contribution in [1.82, 2.24) is 14.3 Å². The van der Waals surface area contributed by atoms with Crippen molar-refractivity contribution in [3.63, 3.8) is 0 Å². The van der Waals surface area contributed by atoms with E-state index in [1.165, 1.54) is 4.57 Å². The first-order valence-corrected chi connectivity index (χ1v) is 10.0. The van der Waals surface area contributed by atoms with Gasteiger partial charge in [-0.2, -0.15) is 0 Å². The Morgan fingerprint density at radius 2 is 1.74 bits per heavy atom. The highest BCUT2D eigenvalue weighted by molar-refractivity contribution is 5.90. The molecule has 0 unspecified atom stereocenters. The van der Waals surface area contributed by atoms with Crippen LogP contribution in [0, 0.1) is 6.92 Å². The predicted octanol–water partition coefficient (Wildman–Crippen LogP) is 1.90. The Morgan fingerprint density at radius 3 is 2.42 bits per heavy atom. The first-order valence-electron chi connectivity index (χ1n) is 10.0. The van der Waals surface area contributed by atoms with Crippen LogP contribution in [0.15, 0.2) is 58.1 Å². The molecule has 1 amide bonds. The molecule has 9 nitrogen and oxygen atoms in total. The van der Waals surface area contributed by atoms with Crippen molar-refractivity contribution in [2.75, 3.05) is 23.4 Å². The molecular formula is C22H23N5O4. The van der Waals surface area contributed by atoms with Crippen LogP contribution >= 0.6 is 0 Å². The Bertz CT molecular complexity index is 1210. The van der Waals surface area contributed by atoms with Gasteiger partial charge in [0.05, 0.1) is 6.61 Å². The molecule has 0 bridgehead atoms. The number of carbonyl (C=O) groups is 1. The molecule has 1 aromatic heterocycles. The molecule has 0 fully saturated rings. The van der Waals surface area contributed by atoms with Gasteiger partial charge in [-0.3, -0.25) is 19.0 Å². The number of hydrogen-bond acceptors (Lipinski definition) is 6. The van der Waals surface area contributed by atoms with E-state index in [9.17, 15) is 14.4 Å². The number of aromatic nitrogens is 3. The van der Waals surface area contributed by atoms with Crippen LogP contribution in [0.2, 0.25) is 0 Å². The molecule has 0 spiro atoms. The lowest BCUT2D eigenvalue weighted by atomic mass is 10.2. The number of fused-ring (bicyclic) bond motifs is 1. The molecule has 2 heterocycles. The number of carbonyl (C=O) groups excluding carboxylic acids is 1. The van der Waals surface area contributed by atoms with Gasteiger partial charge >= 0.3 is 11.1 Å². The highest BCUT2D eigenvalue weighted by Gasteiger charge is 2.26. The molecule has 9 heteroatoms. The molecule has 3 aromatic rings. The van der Waals surface area contributed by atoms with Crippen LogP contribution in [0.4, 0.5) is 17.3 Å². The maximum absolute atomic E-state index is 12.6. The molecule has 0 atom stereocenters. The Morgan fingerprint density at radius 1 is 1.03 bits per heavy atom. The van der Waals surface area contributed by atoms with Gasteiger partial charge in [-0.1, -0.05) is 17.7 Å². The minimum Gasteiger partial charge on any atom is -0.494 e. The Balaban J connectivity index is 1.59. The number of rotatable bonds is 6. The van der Waals surface area contributed by atoms with Gasteiger partial charge in [-0.05, 0) is 50.2 Å². The fourth-order valence-electron chi connectivity index (χ4n) is 3.44. The monoisotopic (exact) mass is 421 g/mol. The average Bonchev–Trinajstić information content (AvgIpc) is 3.18. The van der Waals surface area contributed by atoms with Crippen LogP contribution in [0.1, 0.15) is 12.5 Å². The molecule has 1 aliphatic rings. The largest absolute Gasteiger partial charge is 0.494 e. The summed E-state index contributed by atoms with van der Waals surface area (Å²) < 4.78 is 7.73. The molecule has 31 heavy (non-hydrogen) atoms. The van der Waals surface area contributed by atoms with Gasteiger partial charge < -0.3 is 15.0 Å². The normalized spacial score (nSPS) is 12.5. The van der Waals surface area contributed by atoms with Crippen molar-refractivity contribution < 1.29 is 9.53 Å². The second kappa shape index (κ2) is 8.47. The van der Waals surface area contributed by atoms with Crippen molar-refractivity contribution in [3.8, 4) is 5.75 Å². The van der Waals surface area contributed by atoms with Crippen LogP contribution in [0.3, 0.4) is 0 Å². The summed E-state index contributed by atoms with van der Waals surface area (Å²) >= 11 is 0. The van der Waals surface area contributed by atoms with E-state index in [0.29, 0.717) is 31.3 Å². The van der Waals surface area contributed by atoms with Gasteiger partial charge in [-0.15, -0.1) is 5.10 Å². The van der Waals surface area contributed by atoms with Crippen LogP contribution in [0.5, 0.6) is 5.75 Å². The molecule has 0 saturated carbocycles. The first kappa shape index (κ1) is 20.4. The van der Waals surface area contributed by atoms with Gasteiger partial charge in [-0.25, -0.2) is 4.68 Å². The van der Waals surface area contributed by atoms with E-state index in [1.807, 2.05) is 55.1 Å². The molecule has 0 radical (unpaired) electrons. The van der Waals surface area contributed by atoms with Crippen LogP contribution in [-0.2, 0) is 17.9 Å².